The van der Waals surface area contributed by atoms with Crippen LogP contribution in [0.4, 0.5) is 5.69 Å². The van der Waals surface area contributed by atoms with E-state index in [0.717, 1.165) is 31.6 Å². The molecule has 0 saturated heterocycles. The molecule has 1 atom stereocenters. The molecular formula is C11H16N2O. The first-order chi connectivity index (χ1) is 6.81. The van der Waals surface area contributed by atoms with Gasteiger partial charge in [-0.2, -0.15) is 0 Å². The summed E-state index contributed by atoms with van der Waals surface area (Å²) in [5.74, 6) is 0.867. The first-order valence-corrected chi connectivity index (χ1v) is 5.08. The van der Waals surface area contributed by atoms with E-state index in [0.29, 0.717) is 11.7 Å². The van der Waals surface area contributed by atoms with Crippen LogP contribution >= 0.6 is 0 Å². The minimum Gasteiger partial charge on any atom is -0.508 e. The Labute approximate surface area is 83.9 Å². The second-order valence-electron chi connectivity index (χ2n) is 3.78. The van der Waals surface area contributed by atoms with Gasteiger partial charge >= 0.3 is 0 Å². The van der Waals surface area contributed by atoms with Crippen molar-refractivity contribution in [2.75, 3.05) is 18.4 Å². The van der Waals surface area contributed by atoms with Gasteiger partial charge in [0, 0.05) is 18.2 Å². The second kappa shape index (κ2) is 3.88. The number of nitrogens with two attached hydrogens (primary N) is 1. The molecule has 1 unspecified atom stereocenters. The Hall–Kier alpha value is -1.22. The van der Waals surface area contributed by atoms with E-state index in [1.165, 1.54) is 5.56 Å². The maximum Gasteiger partial charge on any atom is 0.116 e. The smallest absolute Gasteiger partial charge is 0.116 e. The predicted molar refractivity (Wildman–Crippen MR) is 57.6 cm³/mol. The van der Waals surface area contributed by atoms with Crippen LogP contribution in [-0.2, 0) is 0 Å². The number of rotatable bonds is 3. The minimum absolute atomic E-state index is 0.352. The van der Waals surface area contributed by atoms with Gasteiger partial charge in [0.15, 0.2) is 0 Å². The Morgan fingerprint density at radius 2 is 2.36 bits per heavy atom. The summed E-state index contributed by atoms with van der Waals surface area (Å²) in [7, 11) is 0. The van der Waals surface area contributed by atoms with Crippen molar-refractivity contribution in [1.82, 2.24) is 0 Å². The lowest BCUT2D eigenvalue weighted by molar-refractivity contribution is 0.474. The summed E-state index contributed by atoms with van der Waals surface area (Å²) < 4.78 is 0. The quantitative estimate of drug-likeness (QED) is 0.638. The third kappa shape index (κ3) is 1.68. The van der Waals surface area contributed by atoms with E-state index in [1.807, 2.05) is 12.1 Å². The highest BCUT2D eigenvalue weighted by Gasteiger charge is 2.21. The summed E-state index contributed by atoms with van der Waals surface area (Å²) in [6, 6.07) is 5.51. The fraction of sp³-hybridized carbons (Fsp3) is 0.455. The van der Waals surface area contributed by atoms with E-state index in [9.17, 15) is 5.11 Å². The minimum atomic E-state index is 0.352. The molecule has 76 valence electrons. The van der Waals surface area contributed by atoms with Gasteiger partial charge < -0.3 is 16.2 Å². The summed E-state index contributed by atoms with van der Waals surface area (Å²) in [6.45, 7) is 1.71. The molecule has 14 heavy (non-hydrogen) atoms. The molecule has 0 aliphatic carbocycles. The third-order valence-electron chi connectivity index (χ3n) is 2.77. The van der Waals surface area contributed by atoms with Crippen molar-refractivity contribution < 1.29 is 5.11 Å². The van der Waals surface area contributed by atoms with Crippen LogP contribution in [-0.4, -0.2) is 18.2 Å². The van der Waals surface area contributed by atoms with Gasteiger partial charge in [0.2, 0.25) is 0 Å². The summed E-state index contributed by atoms with van der Waals surface area (Å²) in [4.78, 5) is 0. The molecule has 0 aromatic heterocycles. The zero-order valence-corrected chi connectivity index (χ0v) is 8.16. The largest absolute Gasteiger partial charge is 0.508 e. The van der Waals surface area contributed by atoms with E-state index in [-0.39, 0.29) is 0 Å². The standard InChI is InChI=1S/C11H16N2O/c12-5-1-2-8-7-13-11-4-3-9(14)6-10(8)11/h3-4,6,8,13-14H,1-2,5,7,12H2. The van der Waals surface area contributed by atoms with Crippen LogP contribution in [0, 0.1) is 0 Å². The average molecular weight is 192 g/mol. The number of phenols is 1. The van der Waals surface area contributed by atoms with Crippen molar-refractivity contribution in [1.29, 1.82) is 0 Å². The Bertz CT molecular complexity index is 325. The van der Waals surface area contributed by atoms with Crippen molar-refractivity contribution in [2.24, 2.45) is 5.73 Å². The molecule has 1 heterocycles. The fourth-order valence-corrected chi connectivity index (χ4v) is 2.01. The van der Waals surface area contributed by atoms with Gasteiger partial charge in [-0.3, -0.25) is 0 Å². The summed E-state index contributed by atoms with van der Waals surface area (Å²) in [5.41, 5.74) is 7.88. The first-order valence-electron chi connectivity index (χ1n) is 5.08. The van der Waals surface area contributed by atoms with Gasteiger partial charge in [-0.1, -0.05) is 0 Å². The highest BCUT2D eigenvalue weighted by Crippen LogP contribution is 2.36. The predicted octanol–water partition coefficient (Wildman–Crippen LogP) is 1.64. The van der Waals surface area contributed by atoms with Crippen molar-refractivity contribution >= 4 is 5.69 Å². The zero-order chi connectivity index (χ0) is 9.97. The van der Waals surface area contributed by atoms with Gasteiger partial charge in [0.1, 0.15) is 5.75 Å². The van der Waals surface area contributed by atoms with Crippen LogP contribution in [0.1, 0.15) is 24.3 Å². The number of benzene rings is 1. The summed E-state index contributed by atoms with van der Waals surface area (Å²) >= 11 is 0. The number of hydrogen-bond acceptors (Lipinski definition) is 3. The Balaban J connectivity index is 2.16. The highest BCUT2D eigenvalue weighted by atomic mass is 16.3. The zero-order valence-electron chi connectivity index (χ0n) is 8.16. The van der Waals surface area contributed by atoms with E-state index >= 15 is 0 Å². The van der Waals surface area contributed by atoms with Crippen LogP contribution in [0.15, 0.2) is 18.2 Å². The molecule has 0 amide bonds. The number of anilines is 1. The Morgan fingerprint density at radius 3 is 3.14 bits per heavy atom. The van der Waals surface area contributed by atoms with Crippen LogP contribution in [0.5, 0.6) is 5.75 Å². The van der Waals surface area contributed by atoms with E-state index in [1.54, 1.807) is 6.07 Å². The number of fused-ring (bicyclic) bond motifs is 1. The maximum absolute atomic E-state index is 9.39. The molecule has 0 bridgehead atoms. The topological polar surface area (TPSA) is 58.3 Å². The normalized spacial score (nSPS) is 19.1. The molecule has 3 heteroatoms. The monoisotopic (exact) mass is 192 g/mol. The SMILES string of the molecule is NCCCC1CNc2ccc(O)cc21. The van der Waals surface area contributed by atoms with Gasteiger partial charge in [0.05, 0.1) is 0 Å². The lowest BCUT2D eigenvalue weighted by atomic mass is 9.96. The molecule has 0 spiro atoms. The maximum atomic E-state index is 9.39. The molecule has 0 saturated carbocycles. The third-order valence-corrected chi connectivity index (χ3v) is 2.77. The molecular weight excluding hydrogens is 176 g/mol. The number of phenolic OH excluding ortho intramolecular Hbond substituents is 1. The number of aromatic hydroxyl groups is 1. The molecule has 4 N–H and O–H groups in total. The van der Waals surface area contributed by atoms with Crippen molar-refractivity contribution in [2.45, 2.75) is 18.8 Å². The van der Waals surface area contributed by atoms with Crippen molar-refractivity contribution in [3.63, 3.8) is 0 Å². The molecule has 1 aliphatic heterocycles. The number of nitrogens with one attached hydrogen (secondary N) is 1. The molecule has 1 aromatic carbocycles. The molecule has 0 fully saturated rings. The Morgan fingerprint density at radius 1 is 1.50 bits per heavy atom. The Kier molecular flexibility index (Phi) is 2.59. The van der Waals surface area contributed by atoms with Gasteiger partial charge in [-0.15, -0.1) is 0 Å². The van der Waals surface area contributed by atoms with E-state index < -0.39 is 0 Å². The van der Waals surface area contributed by atoms with Crippen LogP contribution < -0.4 is 11.1 Å². The van der Waals surface area contributed by atoms with E-state index in [2.05, 4.69) is 5.32 Å². The van der Waals surface area contributed by atoms with Crippen LogP contribution in [0.3, 0.4) is 0 Å². The van der Waals surface area contributed by atoms with Gasteiger partial charge in [0.25, 0.3) is 0 Å². The summed E-state index contributed by atoms with van der Waals surface area (Å²) in [5, 5.41) is 12.7. The number of hydrogen-bond donors (Lipinski definition) is 3. The van der Waals surface area contributed by atoms with Gasteiger partial charge in [-0.25, -0.2) is 0 Å². The second-order valence-corrected chi connectivity index (χ2v) is 3.78. The van der Waals surface area contributed by atoms with Crippen LogP contribution in [0.25, 0.3) is 0 Å². The molecule has 2 rings (SSSR count). The molecule has 0 radical (unpaired) electrons. The van der Waals surface area contributed by atoms with E-state index in [4.69, 9.17) is 5.73 Å². The average Bonchev–Trinajstić information content (AvgIpc) is 2.57. The van der Waals surface area contributed by atoms with Crippen molar-refractivity contribution in [3.05, 3.63) is 23.8 Å². The molecule has 3 nitrogen and oxygen atoms in total. The first kappa shape index (κ1) is 9.34. The van der Waals surface area contributed by atoms with Crippen molar-refractivity contribution in [3.8, 4) is 5.75 Å². The highest BCUT2D eigenvalue weighted by molar-refractivity contribution is 5.59. The lowest BCUT2D eigenvalue weighted by Crippen LogP contribution is -2.06. The summed E-state index contributed by atoms with van der Waals surface area (Å²) in [6.07, 6.45) is 2.14. The fourth-order valence-electron chi connectivity index (χ4n) is 2.01. The lowest BCUT2D eigenvalue weighted by Gasteiger charge is -2.08. The van der Waals surface area contributed by atoms with Crippen LogP contribution in [0.2, 0.25) is 0 Å². The molecule has 1 aliphatic rings. The van der Waals surface area contributed by atoms with Gasteiger partial charge in [-0.05, 0) is 43.1 Å². The molecule has 1 aromatic rings.